The van der Waals surface area contributed by atoms with Gasteiger partial charge in [0.05, 0.1) is 5.60 Å². The largest absolute Gasteiger partial charge is 0.384 e. The number of piperidine rings is 1. The highest BCUT2D eigenvalue weighted by Gasteiger charge is 2.29. The molecule has 2 N–H and O–H groups in total. The van der Waals surface area contributed by atoms with Gasteiger partial charge < -0.3 is 15.2 Å². The zero-order valence-corrected chi connectivity index (χ0v) is 12.4. The maximum atomic E-state index is 5.94. The molecule has 1 heterocycles. The number of nitrogens with zero attached hydrogens (tertiary/aromatic N) is 1. The van der Waals surface area contributed by atoms with Crippen LogP contribution < -0.4 is 5.73 Å². The molecule has 0 spiro atoms. The second kappa shape index (κ2) is 7.43. The highest BCUT2D eigenvalue weighted by atomic mass is 16.5. The van der Waals surface area contributed by atoms with Crippen LogP contribution >= 0.6 is 0 Å². The van der Waals surface area contributed by atoms with Crippen LogP contribution in [0.25, 0.3) is 0 Å². The molecule has 4 heteroatoms. The van der Waals surface area contributed by atoms with Gasteiger partial charge in [0.1, 0.15) is 0 Å². The molecule has 1 rings (SSSR count). The molecule has 4 nitrogen and oxygen atoms in total. The molecule has 0 saturated carbocycles. The summed E-state index contributed by atoms with van der Waals surface area (Å²) >= 11 is 0. The first-order valence-corrected chi connectivity index (χ1v) is 7.00. The minimum absolute atomic E-state index is 0.0899. The number of rotatable bonds is 7. The molecule has 1 saturated heterocycles. The number of hydrogen-bond donors (Lipinski definition) is 1. The van der Waals surface area contributed by atoms with Crippen molar-refractivity contribution in [2.24, 2.45) is 11.7 Å². The van der Waals surface area contributed by atoms with Crippen LogP contribution in [0.2, 0.25) is 0 Å². The molecule has 0 radical (unpaired) electrons. The van der Waals surface area contributed by atoms with Crippen LogP contribution in [-0.2, 0) is 9.47 Å². The molecular weight excluding hydrogens is 228 g/mol. The first-order chi connectivity index (χ1) is 8.52. The Morgan fingerprint density at radius 3 is 2.33 bits per heavy atom. The van der Waals surface area contributed by atoms with Gasteiger partial charge in [0.25, 0.3) is 0 Å². The fraction of sp³-hybridized carbons (Fsp3) is 1.00. The van der Waals surface area contributed by atoms with E-state index in [9.17, 15) is 0 Å². The Bertz CT molecular complexity index is 226. The minimum atomic E-state index is -0.0899. The van der Waals surface area contributed by atoms with Gasteiger partial charge in [-0.3, -0.25) is 4.90 Å². The molecule has 1 fully saturated rings. The summed E-state index contributed by atoms with van der Waals surface area (Å²) in [6.45, 7) is 8.14. The van der Waals surface area contributed by atoms with Crippen molar-refractivity contribution < 1.29 is 9.47 Å². The zero-order chi connectivity index (χ0) is 13.6. The molecule has 0 aromatic heterocycles. The van der Waals surface area contributed by atoms with Crippen LogP contribution in [0, 0.1) is 5.92 Å². The number of hydrogen-bond acceptors (Lipinski definition) is 4. The van der Waals surface area contributed by atoms with E-state index in [0.29, 0.717) is 12.6 Å². The van der Waals surface area contributed by atoms with Crippen molar-refractivity contribution in [2.75, 3.05) is 40.5 Å². The van der Waals surface area contributed by atoms with E-state index in [0.717, 1.165) is 32.0 Å². The summed E-state index contributed by atoms with van der Waals surface area (Å²) in [5.74, 6) is 0.722. The lowest BCUT2D eigenvalue weighted by atomic mass is 9.93. The van der Waals surface area contributed by atoms with E-state index < -0.39 is 0 Å². The monoisotopic (exact) mass is 258 g/mol. The van der Waals surface area contributed by atoms with Crippen LogP contribution in [0.4, 0.5) is 0 Å². The van der Waals surface area contributed by atoms with E-state index in [1.807, 2.05) is 0 Å². The van der Waals surface area contributed by atoms with Crippen molar-refractivity contribution in [3.63, 3.8) is 0 Å². The lowest BCUT2D eigenvalue weighted by Crippen LogP contribution is -2.48. The highest BCUT2D eigenvalue weighted by molar-refractivity contribution is 4.84. The normalized spacial score (nSPS) is 21.2. The third-order valence-electron chi connectivity index (χ3n) is 4.12. The Balaban J connectivity index is 2.43. The van der Waals surface area contributed by atoms with Gasteiger partial charge in [-0.05, 0) is 52.1 Å². The Morgan fingerprint density at radius 2 is 1.89 bits per heavy atom. The Morgan fingerprint density at radius 1 is 1.28 bits per heavy atom. The van der Waals surface area contributed by atoms with Crippen LogP contribution in [-0.4, -0.2) is 57.0 Å². The highest BCUT2D eigenvalue weighted by Crippen LogP contribution is 2.24. The minimum Gasteiger partial charge on any atom is -0.384 e. The van der Waals surface area contributed by atoms with Crippen molar-refractivity contribution in [3.8, 4) is 0 Å². The van der Waals surface area contributed by atoms with E-state index in [1.165, 1.54) is 12.8 Å². The summed E-state index contributed by atoms with van der Waals surface area (Å²) in [5, 5.41) is 0. The maximum Gasteiger partial charge on any atom is 0.0638 e. The third-order valence-corrected chi connectivity index (χ3v) is 4.12. The summed E-state index contributed by atoms with van der Waals surface area (Å²) < 4.78 is 10.8. The lowest BCUT2D eigenvalue weighted by Gasteiger charge is -2.39. The van der Waals surface area contributed by atoms with Gasteiger partial charge in [0.2, 0.25) is 0 Å². The standard InChI is InChI=1S/C14H30N2O2/c1-14(2,18-4)9-13(10-15)16-7-5-12(6-8-16)11-17-3/h12-13H,5-11,15H2,1-4H3. The second-order valence-electron chi connectivity index (χ2n) is 5.99. The Hall–Kier alpha value is -0.160. The molecule has 1 aliphatic heterocycles. The van der Waals surface area contributed by atoms with E-state index in [1.54, 1.807) is 14.2 Å². The predicted molar refractivity (Wildman–Crippen MR) is 74.7 cm³/mol. The molecule has 0 aromatic carbocycles. The fourth-order valence-electron chi connectivity index (χ4n) is 2.73. The molecule has 0 aliphatic carbocycles. The van der Waals surface area contributed by atoms with Gasteiger partial charge in [0.15, 0.2) is 0 Å². The molecule has 108 valence electrons. The molecule has 0 aromatic rings. The van der Waals surface area contributed by atoms with Crippen molar-refractivity contribution in [1.82, 2.24) is 4.90 Å². The SMILES string of the molecule is COCC1CCN(C(CN)CC(C)(C)OC)CC1. The molecule has 0 amide bonds. The smallest absolute Gasteiger partial charge is 0.0638 e. The van der Waals surface area contributed by atoms with E-state index in [-0.39, 0.29) is 5.60 Å². The van der Waals surface area contributed by atoms with Gasteiger partial charge in [-0.1, -0.05) is 0 Å². The fourth-order valence-corrected chi connectivity index (χ4v) is 2.73. The molecule has 0 bridgehead atoms. The maximum absolute atomic E-state index is 5.94. The number of ether oxygens (including phenoxy) is 2. The van der Waals surface area contributed by atoms with Crippen molar-refractivity contribution in [2.45, 2.75) is 44.8 Å². The average Bonchev–Trinajstić information content (AvgIpc) is 2.37. The lowest BCUT2D eigenvalue weighted by molar-refractivity contribution is -0.0144. The van der Waals surface area contributed by atoms with E-state index in [4.69, 9.17) is 15.2 Å². The van der Waals surface area contributed by atoms with Gasteiger partial charge in [0, 0.05) is 33.4 Å². The molecular formula is C14H30N2O2. The quantitative estimate of drug-likeness (QED) is 0.751. The van der Waals surface area contributed by atoms with E-state index >= 15 is 0 Å². The van der Waals surface area contributed by atoms with Crippen molar-refractivity contribution in [1.29, 1.82) is 0 Å². The van der Waals surface area contributed by atoms with Crippen LogP contribution in [0.1, 0.15) is 33.1 Å². The summed E-state index contributed by atoms with van der Waals surface area (Å²) in [6, 6.07) is 0.434. The number of methoxy groups -OCH3 is 2. The molecule has 18 heavy (non-hydrogen) atoms. The van der Waals surface area contributed by atoms with Crippen molar-refractivity contribution >= 4 is 0 Å². The summed E-state index contributed by atoms with van der Waals surface area (Å²) in [7, 11) is 3.56. The summed E-state index contributed by atoms with van der Waals surface area (Å²) in [4.78, 5) is 2.52. The first kappa shape index (κ1) is 15.9. The first-order valence-electron chi connectivity index (χ1n) is 7.00. The van der Waals surface area contributed by atoms with Crippen molar-refractivity contribution in [3.05, 3.63) is 0 Å². The van der Waals surface area contributed by atoms with Gasteiger partial charge in [-0.15, -0.1) is 0 Å². The van der Waals surface area contributed by atoms with Crippen LogP contribution in [0.3, 0.4) is 0 Å². The average molecular weight is 258 g/mol. The summed E-state index contributed by atoms with van der Waals surface area (Å²) in [6.07, 6.45) is 3.43. The topological polar surface area (TPSA) is 47.7 Å². The molecule has 1 unspecified atom stereocenters. The van der Waals surface area contributed by atoms with Gasteiger partial charge >= 0.3 is 0 Å². The second-order valence-corrected chi connectivity index (χ2v) is 5.99. The van der Waals surface area contributed by atoms with E-state index in [2.05, 4.69) is 18.7 Å². The Kier molecular flexibility index (Phi) is 6.57. The van der Waals surface area contributed by atoms with Crippen LogP contribution in [0.5, 0.6) is 0 Å². The van der Waals surface area contributed by atoms with Gasteiger partial charge in [-0.2, -0.15) is 0 Å². The molecule has 1 aliphatic rings. The Labute approximate surface area is 112 Å². The predicted octanol–water partition coefficient (Wildman–Crippen LogP) is 1.49. The van der Waals surface area contributed by atoms with Gasteiger partial charge in [-0.25, -0.2) is 0 Å². The third kappa shape index (κ3) is 4.84. The summed E-state index contributed by atoms with van der Waals surface area (Å²) in [5.41, 5.74) is 5.85. The number of likely N-dealkylation sites (tertiary alicyclic amines) is 1. The number of nitrogens with two attached hydrogens (primary N) is 1. The molecule has 1 atom stereocenters. The zero-order valence-electron chi connectivity index (χ0n) is 12.4. The van der Waals surface area contributed by atoms with Crippen LogP contribution in [0.15, 0.2) is 0 Å².